The Bertz CT molecular complexity index is 1040. The lowest BCUT2D eigenvalue weighted by atomic mass is 10.1. The first-order valence-electron chi connectivity index (χ1n) is 9.72. The van der Waals surface area contributed by atoms with Crippen molar-refractivity contribution in [3.05, 3.63) is 56.9 Å². The molecule has 0 saturated carbocycles. The number of aryl methyl sites for hydroxylation is 2. The van der Waals surface area contributed by atoms with Gasteiger partial charge in [0.15, 0.2) is 11.5 Å². The normalized spacial score (nSPS) is 15.0. The van der Waals surface area contributed by atoms with Crippen LogP contribution >= 0.6 is 35.6 Å². The number of ether oxygens (including phenoxy) is 3. The summed E-state index contributed by atoms with van der Waals surface area (Å²) in [5.41, 5.74) is 3.00. The van der Waals surface area contributed by atoms with Crippen LogP contribution in [-0.2, 0) is 4.79 Å². The third kappa shape index (κ3) is 5.73. The Labute approximate surface area is 197 Å². The van der Waals surface area contributed by atoms with Crippen LogP contribution in [0.15, 0.2) is 35.2 Å². The zero-order chi connectivity index (χ0) is 22.5. The fourth-order valence-corrected chi connectivity index (χ4v) is 4.39. The second-order valence-corrected chi connectivity index (χ2v) is 9.18. The van der Waals surface area contributed by atoms with E-state index >= 15 is 0 Å². The van der Waals surface area contributed by atoms with Gasteiger partial charge in [-0.15, -0.1) is 0 Å². The highest BCUT2D eigenvalue weighted by Crippen LogP contribution is 2.38. The molecule has 1 aliphatic rings. The zero-order valence-electron chi connectivity index (χ0n) is 17.9. The van der Waals surface area contributed by atoms with Crippen LogP contribution in [0.3, 0.4) is 0 Å². The van der Waals surface area contributed by atoms with Gasteiger partial charge in [-0.2, -0.15) is 0 Å². The summed E-state index contributed by atoms with van der Waals surface area (Å²) in [6.45, 7) is 5.02. The molecule has 3 rings (SSSR count). The van der Waals surface area contributed by atoms with E-state index in [0.29, 0.717) is 45.4 Å². The van der Waals surface area contributed by atoms with Crippen LogP contribution in [0.1, 0.15) is 23.1 Å². The maximum absolute atomic E-state index is 12.2. The monoisotopic (exact) mass is 477 g/mol. The lowest BCUT2D eigenvalue weighted by Crippen LogP contribution is -2.22. The van der Waals surface area contributed by atoms with Gasteiger partial charge in [0, 0.05) is 13.5 Å². The number of benzene rings is 2. The number of amides is 1. The van der Waals surface area contributed by atoms with Crippen molar-refractivity contribution in [2.45, 2.75) is 20.3 Å². The molecule has 0 bridgehead atoms. The number of hydrogen-bond acceptors (Lipinski definition) is 6. The van der Waals surface area contributed by atoms with Crippen molar-refractivity contribution in [2.75, 3.05) is 27.4 Å². The number of thiocarbonyl (C=S) groups is 1. The van der Waals surface area contributed by atoms with Gasteiger partial charge in [0.2, 0.25) is 0 Å². The van der Waals surface area contributed by atoms with Gasteiger partial charge in [-0.25, -0.2) is 0 Å². The first-order valence-corrected chi connectivity index (χ1v) is 11.3. The standard InChI is InChI=1S/C23H24ClNO4S2/c1-14-6-7-15(2)18(10-14)28-8-5-9-29-21-17(24)11-16(12-19(21)27-4)13-20-22(26)25(3)23(30)31-20/h6-7,10-13H,5,8-9H2,1-4H3/b20-13-. The summed E-state index contributed by atoms with van der Waals surface area (Å²) in [7, 11) is 3.21. The van der Waals surface area contributed by atoms with E-state index in [2.05, 4.69) is 6.07 Å². The summed E-state index contributed by atoms with van der Waals surface area (Å²) < 4.78 is 17.7. The summed E-state index contributed by atoms with van der Waals surface area (Å²) in [5.74, 6) is 1.73. The highest BCUT2D eigenvalue weighted by atomic mass is 35.5. The van der Waals surface area contributed by atoms with Crippen molar-refractivity contribution in [2.24, 2.45) is 0 Å². The smallest absolute Gasteiger partial charge is 0.265 e. The van der Waals surface area contributed by atoms with Crippen LogP contribution in [-0.4, -0.2) is 42.5 Å². The average molecular weight is 478 g/mol. The molecule has 31 heavy (non-hydrogen) atoms. The maximum atomic E-state index is 12.2. The van der Waals surface area contributed by atoms with Crippen LogP contribution in [0, 0.1) is 13.8 Å². The molecule has 0 unspecified atom stereocenters. The lowest BCUT2D eigenvalue weighted by molar-refractivity contribution is -0.121. The number of likely N-dealkylation sites (N-methyl/N-ethyl adjacent to an activating group) is 1. The molecule has 8 heteroatoms. The third-order valence-corrected chi connectivity index (χ3v) is 6.44. The van der Waals surface area contributed by atoms with E-state index in [1.807, 2.05) is 26.0 Å². The van der Waals surface area contributed by atoms with Gasteiger partial charge in [0.1, 0.15) is 10.1 Å². The number of carbonyl (C=O) groups excluding carboxylic acids is 1. The third-order valence-electron chi connectivity index (χ3n) is 4.67. The number of halogens is 1. The molecular formula is C23H24ClNO4S2. The molecule has 0 aromatic heterocycles. The molecule has 1 amide bonds. The Balaban J connectivity index is 1.62. The Morgan fingerprint density at radius 2 is 1.87 bits per heavy atom. The Hall–Kier alpha value is -2.22. The largest absolute Gasteiger partial charge is 0.493 e. The van der Waals surface area contributed by atoms with Crippen LogP contribution < -0.4 is 14.2 Å². The molecule has 5 nitrogen and oxygen atoms in total. The minimum Gasteiger partial charge on any atom is -0.493 e. The molecular weight excluding hydrogens is 454 g/mol. The van der Waals surface area contributed by atoms with Crippen molar-refractivity contribution in [1.29, 1.82) is 0 Å². The predicted octanol–water partition coefficient (Wildman–Crippen LogP) is 5.64. The molecule has 0 N–H and O–H groups in total. The van der Waals surface area contributed by atoms with Crippen molar-refractivity contribution >= 4 is 51.9 Å². The summed E-state index contributed by atoms with van der Waals surface area (Å²) in [6, 6.07) is 9.67. The summed E-state index contributed by atoms with van der Waals surface area (Å²) in [5, 5.41) is 0.410. The summed E-state index contributed by atoms with van der Waals surface area (Å²) in [6.07, 6.45) is 2.44. The van der Waals surface area contributed by atoms with Gasteiger partial charge in [0.05, 0.1) is 30.3 Å². The van der Waals surface area contributed by atoms with E-state index in [1.165, 1.54) is 16.7 Å². The number of methoxy groups -OCH3 is 1. The molecule has 1 fully saturated rings. The predicted molar refractivity (Wildman–Crippen MR) is 130 cm³/mol. The zero-order valence-corrected chi connectivity index (χ0v) is 20.2. The quantitative estimate of drug-likeness (QED) is 0.278. The molecule has 1 aliphatic heterocycles. The van der Waals surface area contributed by atoms with Crippen LogP contribution in [0.25, 0.3) is 6.08 Å². The average Bonchev–Trinajstić information content (AvgIpc) is 2.97. The molecule has 0 aliphatic carbocycles. The second kappa shape index (κ2) is 10.4. The van der Waals surface area contributed by atoms with E-state index in [9.17, 15) is 4.79 Å². The van der Waals surface area contributed by atoms with E-state index in [4.69, 9.17) is 38.0 Å². The van der Waals surface area contributed by atoms with Gasteiger partial charge in [0.25, 0.3) is 5.91 Å². The van der Waals surface area contributed by atoms with Gasteiger partial charge in [-0.1, -0.05) is 47.7 Å². The van der Waals surface area contributed by atoms with Gasteiger partial charge in [-0.3, -0.25) is 9.69 Å². The molecule has 164 valence electrons. The summed E-state index contributed by atoms with van der Waals surface area (Å²) in [4.78, 5) is 14.2. The molecule has 2 aromatic carbocycles. The first-order chi connectivity index (χ1) is 14.8. The Morgan fingerprint density at radius 3 is 2.55 bits per heavy atom. The minimum absolute atomic E-state index is 0.130. The number of carbonyl (C=O) groups is 1. The molecule has 0 spiro atoms. The maximum Gasteiger partial charge on any atom is 0.265 e. The van der Waals surface area contributed by atoms with Crippen LogP contribution in [0.2, 0.25) is 5.02 Å². The van der Waals surface area contributed by atoms with E-state index in [1.54, 1.807) is 32.4 Å². The minimum atomic E-state index is -0.130. The molecule has 1 heterocycles. The van der Waals surface area contributed by atoms with Crippen molar-refractivity contribution < 1.29 is 19.0 Å². The molecule has 1 saturated heterocycles. The topological polar surface area (TPSA) is 48.0 Å². The Kier molecular flexibility index (Phi) is 7.86. The highest BCUT2D eigenvalue weighted by molar-refractivity contribution is 8.26. The number of thioether (sulfide) groups is 1. The van der Waals surface area contributed by atoms with Crippen molar-refractivity contribution in [3.63, 3.8) is 0 Å². The van der Waals surface area contributed by atoms with Crippen molar-refractivity contribution in [3.8, 4) is 17.2 Å². The highest BCUT2D eigenvalue weighted by Gasteiger charge is 2.28. The first kappa shape index (κ1) is 23.4. The molecule has 0 atom stereocenters. The van der Waals surface area contributed by atoms with Gasteiger partial charge in [-0.05, 0) is 54.8 Å². The fourth-order valence-electron chi connectivity index (χ4n) is 2.94. The van der Waals surface area contributed by atoms with E-state index in [-0.39, 0.29) is 5.91 Å². The van der Waals surface area contributed by atoms with E-state index < -0.39 is 0 Å². The molecule has 0 radical (unpaired) electrons. The van der Waals surface area contributed by atoms with E-state index in [0.717, 1.165) is 22.4 Å². The van der Waals surface area contributed by atoms with Gasteiger partial charge >= 0.3 is 0 Å². The number of rotatable bonds is 8. The molecule has 2 aromatic rings. The van der Waals surface area contributed by atoms with Crippen LogP contribution in [0.4, 0.5) is 0 Å². The fraction of sp³-hybridized carbons (Fsp3) is 0.304. The lowest BCUT2D eigenvalue weighted by Gasteiger charge is -2.14. The second-order valence-electron chi connectivity index (χ2n) is 7.09. The summed E-state index contributed by atoms with van der Waals surface area (Å²) >= 11 is 12.9. The number of nitrogens with zero attached hydrogens (tertiary/aromatic N) is 1. The SMILES string of the molecule is COc1cc(/C=C2\SC(=S)N(C)C2=O)cc(Cl)c1OCCCOc1cc(C)ccc1C. The Morgan fingerprint density at radius 1 is 1.13 bits per heavy atom. The van der Waals surface area contributed by atoms with Crippen molar-refractivity contribution in [1.82, 2.24) is 4.90 Å². The van der Waals surface area contributed by atoms with Crippen LogP contribution in [0.5, 0.6) is 17.2 Å². The van der Waals surface area contributed by atoms with Gasteiger partial charge < -0.3 is 14.2 Å². The number of hydrogen-bond donors (Lipinski definition) is 0.